The van der Waals surface area contributed by atoms with Crippen molar-refractivity contribution in [2.75, 3.05) is 7.11 Å². The van der Waals surface area contributed by atoms with Crippen molar-refractivity contribution >= 4 is 13.8 Å². The molecule has 33 heavy (non-hydrogen) atoms. The number of hydrogen-bond donors (Lipinski definition) is 0. The fourth-order valence-electron chi connectivity index (χ4n) is 2.49. The quantitative estimate of drug-likeness (QED) is 0.135. The van der Waals surface area contributed by atoms with Gasteiger partial charge in [-0.2, -0.15) is 0 Å². The van der Waals surface area contributed by atoms with E-state index in [0.717, 1.165) is 11.1 Å². The summed E-state index contributed by atoms with van der Waals surface area (Å²) in [5.74, 6) is 1.78. The van der Waals surface area contributed by atoms with E-state index in [1.54, 1.807) is 18.2 Å². The van der Waals surface area contributed by atoms with Crippen LogP contribution in [0, 0.1) is 20.3 Å². The van der Waals surface area contributed by atoms with Crippen LogP contribution >= 0.6 is 7.81 Å². The Kier molecular flexibility index (Phi) is 8.47. The van der Waals surface area contributed by atoms with E-state index in [2.05, 4.69) is 0 Å². The van der Waals surface area contributed by atoms with Crippen molar-refractivity contribution in [2.45, 2.75) is 13.8 Å². The van der Waals surface area contributed by atoms with Crippen LogP contribution in [-0.2, 0) is 21.8 Å². The molecule has 2 aromatic rings. The summed E-state index contributed by atoms with van der Waals surface area (Å²) in [5.41, 5.74) is 2.45. The Morgan fingerprint density at radius 1 is 0.818 bits per heavy atom. The molecular formula is C21H19F6FeO4P-. The monoisotopic (exact) mass is 536 g/mol. The first-order valence-corrected chi connectivity index (χ1v) is 11.0. The maximum absolute atomic E-state index is 11.8. The summed E-state index contributed by atoms with van der Waals surface area (Å²) >= 11 is 0. The Balaban J connectivity index is 0.000000347. The summed E-state index contributed by atoms with van der Waals surface area (Å²) in [4.78, 5) is 11.8. The number of rotatable bonds is 1. The van der Waals surface area contributed by atoms with Gasteiger partial charge in [-0.3, -0.25) is 0 Å². The maximum Gasteiger partial charge on any atom is 0.00506 e. The molecule has 183 valence electrons. The number of halogens is 6. The van der Waals surface area contributed by atoms with Gasteiger partial charge in [-0.05, 0) is 43.2 Å². The van der Waals surface area contributed by atoms with Gasteiger partial charge < -0.3 is 14.2 Å². The van der Waals surface area contributed by atoms with Crippen molar-refractivity contribution in [3.05, 3.63) is 77.7 Å². The molecule has 0 bridgehead atoms. The first-order valence-electron chi connectivity index (χ1n) is 8.97. The van der Waals surface area contributed by atoms with Crippen molar-refractivity contribution in [3.8, 4) is 23.0 Å². The zero-order valence-corrected chi connectivity index (χ0v) is 19.5. The summed E-state index contributed by atoms with van der Waals surface area (Å²) in [6.45, 7) is 3.96. The smallest absolute Gasteiger partial charge is 0.00506 e. The molecule has 0 saturated carbocycles. The van der Waals surface area contributed by atoms with Gasteiger partial charge in [0.05, 0.1) is 7.11 Å². The minimum absolute atomic E-state index is 0. The Morgan fingerprint density at radius 3 is 1.85 bits per heavy atom. The van der Waals surface area contributed by atoms with Crippen molar-refractivity contribution < 1.29 is 61.3 Å². The van der Waals surface area contributed by atoms with Gasteiger partial charge in [0.25, 0.3) is 0 Å². The number of aryl methyl sites for hydroxylation is 1. The van der Waals surface area contributed by atoms with Crippen LogP contribution in [0.25, 0.3) is 0 Å². The number of allylic oxidation sites excluding steroid dienone is 4. The number of methoxy groups -OCH3 is 1. The van der Waals surface area contributed by atoms with Gasteiger partial charge in [-0.25, -0.2) is 4.79 Å². The molecule has 0 amide bonds. The largest absolute Gasteiger partial charge is 0.0767 e. The van der Waals surface area contributed by atoms with Gasteiger partial charge in [0.15, 0.2) is 23.0 Å². The molecule has 0 spiro atoms. The molecule has 0 unspecified atom stereocenters. The van der Waals surface area contributed by atoms with E-state index in [0.29, 0.717) is 28.6 Å². The van der Waals surface area contributed by atoms with Crippen LogP contribution in [-0.4, -0.2) is 13.1 Å². The number of ether oxygens (including phenoxy) is 3. The van der Waals surface area contributed by atoms with E-state index in [1.807, 2.05) is 56.7 Å². The van der Waals surface area contributed by atoms with E-state index in [9.17, 15) is 30.0 Å². The molecule has 2 aromatic carbocycles. The second kappa shape index (κ2) is 9.79. The predicted molar refractivity (Wildman–Crippen MR) is 110 cm³/mol. The minimum Gasteiger partial charge on any atom is -0.0767 e. The molecule has 1 aliphatic carbocycles. The summed E-state index contributed by atoms with van der Waals surface area (Å²) in [7, 11) is -9.32. The predicted octanol–water partition coefficient (Wildman–Crippen LogP) is 8.68. The molecule has 1 heterocycles. The fourth-order valence-corrected chi connectivity index (χ4v) is 2.49. The summed E-state index contributed by atoms with van der Waals surface area (Å²) in [6, 6.07) is 9.00. The second-order valence-corrected chi connectivity index (χ2v) is 8.50. The average Bonchev–Trinajstić information content (AvgIpc) is 3.26. The maximum atomic E-state index is 11.8. The molecule has 0 saturated heterocycles. The van der Waals surface area contributed by atoms with E-state index in [4.69, 9.17) is 14.2 Å². The third-order valence-corrected chi connectivity index (χ3v) is 4.00. The van der Waals surface area contributed by atoms with Crippen LogP contribution in [0.2, 0.25) is 0 Å². The first kappa shape index (κ1) is 28.6. The van der Waals surface area contributed by atoms with Crippen LogP contribution in [0.5, 0.6) is 23.0 Å². The number of esters is 1. The molecule has 0 aromatic heterocycles. The van der Waals surface area contributed by atoms with Crippen LogP contribution in [0.1, 0.15) is 21.5 Å². The number of carbonyl (C=O) groups excluding carboxylic acids is 1. The van der Waals surface area contributed by atoms with Gasteiger partial charge in [-0.1, -0.05) is 36.4 Å². The van der Waals surface area contributed by atoms with Crippen molar-refractivity contribution in [1.29, 1.82) is 0 Å². The number of carbonyl (C=O) groups is 1. The molecule has 0 atom stereocenters. The van der Waals surface area contributed by atoms with E-state index in [1.165, 1.54) is 7.11 Å². The number of hydrogen-bond acceptors (Lipinski definition) is 4. The number of benzene rings is 2. The third-order valence-electron chi connectivity index (χ3n) is 4.00. The first-order chi connectivity index (χ1) is 14.6. The minimum atomic E-state index is -10.7. The summed E-state index contributed by atoms with van der Waals surface area (Å²) in [5, 5.41) is 0. The number of fused-ring (bicyclic) bond motifs is 2. The van der Waals surface area contributed by atoms with Gasteiger partial charge >= 0.3 is 39.0 Å². The molecule has 1 radical (unpaired) electrons. The van der Waals surface area contributed by atoms with Crippen LogP contribution in [0.3, 0.4) is 0 Å². The Hall–Kier alpha value is -2.48. The average molecular weight is 536 g/mol. The third kappa shape index (κ3) is 9.90. The van der Waals surface area contributed by atoms with Crippen molar-refractivity contribution in [2.24, 2.45) is 0 Å². The fraction of sp³-hybridized carbons (Fsp3) is 0.143. The van der Waals surface area contributed by atoms with Gasteiger partial charge in [0.1, 0.15) is 5.56 Å². The van der Waals surface area contributed by atoms with Crippen LogP contribution < -0.4 is 9.47 Å². The topological polar surface area (TPSA) is 44.8 Å². The Bertz CT molecular complexity index is 1060. The molecule has 2 aliphatic rings. The Labute approximate surface area is 196 Å². The van der Waals surface area contributed by atoms with Crippen LogP contribution in [0.15, 0.2) is 54.6 Å². The summed E-state index contributed by atoms with van der Waals surface area (Å²) < 4.78 is 75.7. The van der Waals surface area contributed by atoms with E-state index in [-0.39, 0.29) is 17.1 Å². The zero-order chi connectivity index (χ0) is 24.2. The molecule has 4 rings (SSSR count). The van der Waals surface area contributed by atoms with Crippen molar-refractivity contribution in [3.63, 3.8) is 0 Å². The molecule has 1 aliphatic heterocycles. The zero-order valence-electron chi connectivity index (χ0n) is 17.5. The Morgan fingerprint density at radius 2 is 1.36 bits per heavy atom. The standard InChI is InChI=1S/C16H14O4.C5H5.F6P.Fe/c1-9-7-8-13-14(10(9)2)20-15-11(16(17)18-3)5-4-6-12(15)19-13;1-2-4-5-3-1;1-7(2,3,4,5)6;/h4-8H,1-3H3;1-5H;;/q;;-1;. The van der Waals surface area contributed by atoms with E-state index < -0.39 is 13.8 Å². The van der Waals surface area contributed by atoms with Crippen molar-refractivity contribution in [1.82, 2.24) is 0 Å². The van der Waals surface area contributed by atoms with Crippen LogP contribution in [0.4, 0.5) is 25.2 Å². The second-order valence-electron chi connectivity index (χ2n) is 6.58. The molecule has 0 N–H and O–H groups in total. The van der Waals surface area contributed by atoms with E-state index >= 15 is 0 Å². The summed E-state index contributed by atoms with van der Waals surface area (Å²) in [6.07, 6.45) is 10.0. The molecule has 12 heteroatoms. The van der Waals surface area contributed by atoms with Gasteiger partial charge in [0.2, 0.25) is 0 Å². The molecule has 4 nitrogen and oxygen atoms in total. The van der Waals surface area contributed by atoms with Gasteiger partial charge in [0, 0.05) is 23.5 Å². The SMILES string of the molecule is COC(=O)c1cccc2c1Oc1c(ccc(C)c1C)O2.F[P-](F)(F)(F)(F)F.[CH]1C=CC=C1.[Fe]. The molecular weight excluding hydrogens is 517 g/mol. The molecule has 0 fully saturated rings. The number of para-hydroxylation sites is 1. The normalized spacial score (nSPS) is 14.7. The van der Waals surface area contributed by atoms with Gasteiger partial charge in [-0.15, -0.1) is 0 Å².